The molecule has 1 unspecified atom stereocenters. The summed E-state index contributed by atoms with van der Waals surface area (Å²) in [6.07, 6.45) is 2.16. The van der Waals surface area contributed by atoms with E-state index in [9.17, 15) is 14.7 Å². The predicted molar refractivity (Wildman–Crippen MR) is 188 cm³/mol. The Bertz CT molecular complexity index is 1460. The number of hydrogen-bond acceptors (Lipinski definition) is 14. The van der Waals surface area contributed by atoms with E-state index in [2.05, 4.69) is 49.9 Å². The smallest absolute Gasteiger partial charge is 0.258 e. The number of azo groups is 1. The molecule has 1 amide bonds. The van der Waals surface area contributed by atoms with Gasteiger partial charge in [-0.1, -0.05) is 11.6 Å². The highest BCUT2D eigenvalue weighted by Gasteiger charge is 2.41. The molecule has 2 saturated heterocycles. The lowest BCUT2D eigenvalue weighted by molar-refractivity contribution is -0.162. The molecule has 15 nitrogen and oxygen atoms in total. The first kappa shape index (κ1) is 39.1. The highest BCUT2D eigenvalue weighted by Crippen LogP contribution is 2.43. The normalized spacial score (nSPS) is 17.6. The van der Waals surface area contributed by atoms with Crippen molar-refractivity contribution in [1.82, 2.24) is 11.0 Å². The number of carbonyl (C=O) groups excluding carboxylic acids is 2. The molecule has 4 N–H and O–H groups in total. The van der Waals surface area contributed by atoms with Crippen molar-refractivity contribution < 1.29 is 38.6 Å². The van der Waals surface area contributed by atoms with Crippen molar-refractivity contribution in [3.05, 3.63) is 52.0 Å². The van der Waals surface area contributed by atoms with Crippen LogP contribution in [-0.2, 0) is 46.5 Å². The quantitative estimate of drug-likeness (QED) is 0.0545. The van der Waals surface area contributed by atoms with E-state index in [4.69, 9.17) is 35.5 Å². The molecule has 0 spiro atoms. The van der Waals surface area contributed by atoms with Gasteiger partial charge in [0.15, 0.2) is 5.78 Å². The average Bonchev–Trinajstić information content (AvgIpc) is 3.13. The molecule has 50 heavy (non-hydrogen) atoms. The maximum Gasteiger partial charge on any atom is 0.258 e. The lowest BCUT2D eigenvalue weighted by Crippen LogP contribution is -2.43. The van der Waals surface area contributed by atoms with Crippen LogP contribution in [0.3, 0.4) is 0 Å². The maximum absolute atomic E-state index is 13.5. The minimum atomic E-state index is -1.50. The third-order valence-electron chi connectivity index (χ3n) is 8.57. The van der Waals surface area contributed by atoms with Crippen molar-refractivity contribution in [2.75, 3.05) is 65.0 Å². The Balaban J connectivity index is 1.75. The molecule has 0 aromatic heterocycles. The van der Waals surface area contributed by atoms with Crippen LogP contribution in [0.4, 0.5) is 11.4 Å². The second kappa shape index (κ2) is 19.1. The zero-order valence-corrected chi connectivity index (χ0v) is 29.3. The summed E-state index contributed by atoms with van der Waals surface area (Å²) in [7, 11) is 1.41. The Morgan fingerprint density at radius 1 is 0.920 bits per heavy atom. The van der Waals surface area contributed by atoms with Crippen LogP contribution in [0, 0.1) is 0 Å². The number of carbonyl (C=O) groups is 2. The van der Waals surface area contributed by atoms with Crippen LogP contribution in [0.1, 0.15) is 49.3 Å². The van der Waals surface area contributed by atoms with Crippen LogP contribution in [0.15, 0.2) is 50.5 Å². The molecule has 272 valence electrons. The molecule has 0 bridgehead atoms. The lowest BCUT2D eigenvalue weighted by atomic mass is 9.80. The summed E-state index contributed by atoms with van der Waals surface area (Å²) >= 11 is 6.20. The second-order valence-corrected chi connectivity index (χ2v) is 12.3. The number of aliphatic hydroxyl groups is 1. The van der Waals surface area contributed by atoms with Crippen LogP contribution >= 0.6 is 11.6 Å². The van der Waals surface area contributed by atoms with Crippen molar-refractivity contribution >= 4 is 48.1 Å². The first-order valence-electron chi connectivity index (χ1n) is 16.4. The minimum absolute atomic E-state index is 0.215. The van der Waals surface area contributed by atoms with Gasteiger partial charge in [0.2, 0.25) is 6.04 Å². The van der Waals surface area contributed by atoms with Gasteiger partial charge in [0, 0.05) is 76.3 Å². The number of hydrogen-bond donors (Lipinski definition) is 4. The van der Waals surface area contributed by atoms with Crippen LogP contribution in [0.25, 0.3) is 0 Å². The number of benzene rings is 2. The number of aliphatic hydroxyl groups excluding tert-OH is 1. The summed E-state index contributed by atoms with van der Waals surface area (Å²) in [5.41, 5.74) is 7.02. The van der Waals surface area contributed by atoms with Gasteiger partial charge in [-0.15, -0.1) is 0 Å². The average molecular weight is 716 g/mol. The standard InChI is InChI=1S/C34H46ClN7O8/c1-23(44)31(32(45)40-29-17-24(22-43)28(35)21-30(29)46-4)42-41-27-19-25(33(5-13-47-14-6-33)49-38-11-9-36-2)18-26(20-27)34(7-15-48-16-8-34)50-39-12-10-37-3/h17-21,31,38-39,43H,2-3,5-16,22H2,1,4H3,(H,40,45). The van der Waals surface area contributed by atoms with Crippen molar-refractivity contribution in [2.24, 2.45) is 20.2 Å². The summed E-state index contributed by atoms with van der Waals surface area (Å²) in [5.74, 6) is -1.03. The van der Waals surface area contributed by atoms with Crippen LogP contribution < -0.4 is 21.0 Å². The largest absolute Gasteiger partial charge is 0.495 e. The van der Waals surface area contributed by atoms with Gasteiger partial charge in [-0.3, -0.25) is 29.2 Å². The van der Waals surface area contributed by atoms with Crippen molar-refractivity contribution in [2.45, 2.75) is 56.5 Å². The monoisotopic (exact) mass is 715 g/mol. The number of ether oxygens (including phenoxy) is 3. The summed E-state index contributed by atoms with van der Waals surface area (Å²) in [5, 5.41) is 21.3. The van der Waals surface area contributed by atoms with E-state index in [1.54, 1.807) is 0 Å². The molecule has 2 fully saturated rings. The van der Waals surface area contributed by atoms with E-state index in [1.807, 2.05) is 18.2 Å². The first-order valence-corrected chi connectivity index (χ1v) is 16.8. The Morgan fingerprint density at radius 2 is 1.46 bits per heavy atom. The maximum atomic E-state index is 13.5. The molecule has 2 aromatic carbocycles. The third kappa shape index (κ3) is 9.98. The minimum Gasteiger partial charge on any atom is -0.495 e. The van der Waals surface area contributed by atoms with E-state index in [0.717, 1.165) is 11.1 Å². The molecular weight excluding hydrogens is 670 g/mol. The number of amides is 1. The number of halogens is 1. The number of anilines is 1. The summed E-state index contributed by atoms with van der Waals surface area (Å²) < 4.78 is 16.8. The Kier molecular flexibility index (Phi) is 14.9. The number of ketones is 1. The van der Waals surface area contributed by atoms with Gasteiger partial charge in [0.05, 0.1) is 38.2 Å². The summed E-state index contributed by atoms with van der Waals surface area (Å²) in [6, 6.07) is 7.15. The number of methoxy groups -OCH3 is 1. The second-order valence-electron chi connectivity index (χ2n) is 11.9. The molecule has 2 aromatic rings. The number of hydroxylamine groups is 2. The molecule has 2 aliphatic rings. The van der Waals surface area contributed by atoms with Gasteiger partial charge in [0.1, 0.15) is 17.0 Å². The lowest BCUT2D eigenvalue weighted by Gasteiger charge is -2.40. The van der Waals surface area contributed by atoms with Crippen LogP contribution in [0.2, 0.25) is 5.02 Å². The fraction of sp³-hybridized carbons (Fsp3) is 0.529. The fourth-order valence-corrected chi connectivity index (χ4v) is 5.97. The third-order valence-corrected chi connectivity index (χ3v) is 8.92. The predicted octanol–water partition coefficient (Wildman–Crippen LogP) is 3.98. The van der Waals surface area contributed by atoms with Gasteiger partial charge in [-0.2, -0.15) is 21.2 Å². The van der Waals surface area contributed by atoms with E-state index < -0.39 is 28.9 Å². The van der Waals surface area contributed by atoms with E-state index in [0.29, 0.717) is 89.5 Å². The number of rotatable bonds is 19. The number of nitrogens with one attached hydrogen (secondary N) is 3. The topological polar surface area (TPSA) is 186 Å². The number of Topliss-reactive ketones (excluding diaryl/α,β-unsaturated/α-hetero) is 1. The number of nitrogens with zero attached hydrogens (tertiary/aromatic N) is 4. The molecule has 0 saturated carbocycles. The Labute approximate surface area is 296 Å². The van der Waals surface area contributed by atoms with E-state index in [1.165, 1.54) is 26.2 Å². The van der Waals surface area contributed by atoms with Gasteiger partial charge < -0.3 is 24.6 Å². The molecule has 16 heteroatoms. The Morgan fingerprint density at radius 3 is 1.92 bits per heavy atom. The van der Waals surface area contributed by atoms with E-state index in [-0.39, 0.29) is 23.1 Å². The van der Waals surface area contributed by atoms with Crippen molar-refractivity contribution in [3.8, 4) is 5.75 Å². The van der Waals surface area contributed by atoms with Crippen molar-refractivity contribution in [3.63, 3.8) is 0 Å². The van der Waals surface area contributed by atoms with Gasteiger partial charge >= 0.3 is 0 Å². The Hall–Kier alpha value is -3.67. The highest BCUT2D eigenvalue weighted by molar-refractivity contribution is 6.31. The van der Waals surface area contributed by atoms with Crippen LogP contribution in [-0.4, -0.2) is 96.0 Å². The van der Waals surface area contributed by atoms with Gasteiger partial charge in [-0.25, -0.2) is 0 Å². The molecule has 0 aliphatic carbocycles. The fourth-order valence-electron chi connectivity index (χ4n) is 5.76. The molecular formula is C34H46ClN7O8. The number of aliphatic imine (C=N–C) groups is 2. The molecule has 1 atom stereocenters. The SMILES string of the molecule is C=NCCNOC1(c2cc(N=NC(C(C)=O)C(=O)Nc3cc(CO)c(Cl)cc3OC)cc(C3(ONCCN=C)CCOCC3)c2)CCOCC1. The van der Waals surface area contributed by atoms with Gasteiger partial charge in [-0.05, 0) is 61.3 Å². The molecule has 4 rings (SSSR count). The highest BCUT2D eigenvalue weighted by atomic mass is 35.5. The van der Waals surface area contributed by atoms with Crippen molar-refractivity contribution in [1.29, 1.82) is 0 Å². The zero-order valence-electron chi connectivity index (χ0n) is 28.5. The summed E-state index contributed by atoms with van der Waals surface area (Å²) in [6.45, 7) is 11.7. The van der Waals surface area contributed by atoms with Gasteiger partial charge in [0.25, 0.3) is 5.91 Å². The van der Waals surface area contributed by atoms with E-state index >= 15 is 0 Å². The zero-order chi connectivity index (χ0) is 36.0. The van der Waals surface area contributed by atoms with Crippen LogP contribution in [0.5, 0.6) is 5.75 Å². The summed E-state index contributed by atoms with van der Waals surface area (Å²) in [4.78, 5) is 46.8. The molecule has 0 radical (unpaired) electrons. The molecule has 2 aliphatic heterocycles. The molecule has 2 heterocycles. The first-order chi connectivity index (χ1) is 24.2.